The largest absolute Gasteiger partial charge is 0.477 e. The fraction of sp³-hybridized carbons (Fsp3) is 0.500. The fourth-order valence-corrected chi connectivity index (χ4v) is 1.99. The van der Waals surface area contributed by atoms with Crippen molar-refractivity contribution in [1.82, 2.24) is 9.88 Å². The number of aromatic carboxylic acids is 1. The number of rotatable bonds is 5. The van der Waals surface area contributed by atoms with Crippen LogP contribution in [0.2, 0.25) is 0 Å². The first-order chi connectivity index (χ1) is 9.02. The zero-order chi connectivity index (χ0) is 14.0. The summed E-state index contributed by atoms with van der Waals surface area (Å²) in [6.45, 7) is 1.86. The number of carbonyl (C=O) groups is 2. The zero-order valence-corrected chi connectivity index (χ0v) is 10.6. The van der Waals surface area contributed by atoms with E-state index in [-0.39, 0.29) is 36.6 Å². The summed E-state index contributed by atoms with van der Waals surface area (Å²) >= 11 is 0. The number of carbonyl (C=O) groups excluding carboxylic acids is 1. The highest BCUT2D eigenvalue weighted by Crippen LogP contribution is 2.27. The topological polar surface area (TPSA) is 106 Å². The van der Waals surface area contributed by atoms with Gasteiger partial charge in [0.1, 0.15) is 5.69 Å². The maximum atomic E-state index is 12.1. The van der Waals surface area contributed by atoms with Gasteiger partial charge in [-0.05, 0) is 25.8 Å². The molecule has 1 aromatic rings. The average Bonchev–Trinajstić information content (AvgIpc) is 3.10. The van der Waals surface area contributed by atoms with Crippen molar-refractivity contribution in [2.24, 2.45) is 0 Å². The van der Waals surface area contributed by atoms with Crippen molar-refractivity contribution >= 4 is 17.7 Å². The number of aromatic nitrogens is 1. The van der Waals surface area contributed by atoms with E-state index in [2.05, 4.69) is 10.3 Å². The Kier molecular flexibility index (Phi) is 3.75. The minimum absolute atomic E-state index is 0.0365. The van der Waals surface area contributed by atoms with Gasteiger partial charge in [-0.3, -0.25) is 0 Å². The van der Waals surface area contributed by atoms with E-state index < -0.39 is 5.97 Å². The Hall–Kier alpha value is -2.02. The Balaban J connectivity index is 2.11. The number of urea groups is 1. The molecular formula is C12H17N3O4. The third kappa shape index (κ3) is 3.05. The molecule has 2 rings (SSSR count). The molecule has 7 heteroatoms. The molecule has 104 valence electrons. The van der Waals surface area contributed by atoms with E-state index in [4.69, 9.17) is 10.2 Å². The van der Waals surface area contributed by atoms with Crippen molar-refractivity contribution in [3.63, 3.8) is 0 Å². The van der Waals surface area contributed by atoms with Crippen molar-refractivity contribution in [3.8, 4) is 0 Å². The molecule has 0 saturated heterocycles. The molecule has 0 atom stereocenters. The minimum atomic E-state index is -1.12. The first-order valence-corrected chi connectivity index (χ1v) is 6.14. The smallest absolute Gasteiger partial charge is 0.354 e. The van der Waals surface area contributed by atoms with E-state index in [1.165, 1.54) is 4.90 Å². The number of amides is 2. The van der Waals surface area contributed by atoms with Gasteiger partial charge in [-0.15, -0.1) is 0 Å². The van der Waals surface area contributed by atoms with Crippen LogP contribution in [0.5, 0.6) is 0 Å². The number of aryl methyl sites for hydroxylation is 1. The second-order valence-corrected chi connectivity index (χ2v) is 4.62. The molecular weight excluding hydrogens is 250 g/mol. The Bertz CT molecular complexity index is 493. The molecule has 0 aromatic carbocycles. The van der Waals surface area contributed by atoms with Crippen LogP contribution in [-0.4, -0.2) is 51.3 Å². The molecule has 1 heterocycles. The SMILES string of the molecule is Cc1cc(NC(=O)N(CCO)C2CC2)c(C(=O)O)[nH]1. The van der Waals surface area contributed by atoms with Crippen molar-refractivity contribution in [1.29, 1.82) is 0 Å². The number of hydrogen-bond donors (Lipinski definition) is 4. The van der Waals surface area contributed by atoms with Gasteiger partial charge in [-0.2, -0.15) is 0 Å². The summed E-state index contributed by atoms with van der Waals surface area (Å²) in [5, 5.41) is 20.6. The van der Waals surface area contributed by atoms with Crippen LogP contribution >= 0.6 is 0 Å². The monoisotopic (exact) mass is 267 g/mol. The first-order valence-electron chi connectivity index (χ1n) is 6.14. The fourth-order valence-electron chi connectivity index (χ4n) is 1.99. The quantitative estimate of drug-likeness (QED) is 0.638. The number of H-pyrrole nitrogens is 1. The minimum Gasteiger partial charge on any atom is -0.477 e. The normalized spacial score (nSPS) is 14.2. The highest BCUT2D eigenvalue weighted by atomic mass is 16.4. The van der Waals surface area contributed by atoms with Gasteiger partial charge in [-0.25, -0.2) is 9.59 Å². The third-order valence-electron chi connectivity index (χ3n) is 3.00. The standard InChI is InChI=1S/C12H17N3O4/c1-7-6-9(10(13-7)11(17)18)14-12(19)15(4-5-16)8-2-3-8/h6,8,13,16H,2-5H2,1H3,(H,14,19)(H,17,18). The van der Waals surface area contributed by atoms with Gasteiger partial charge in [0.15, 0.2) is 0 Å². The highest BCUT2D eigenvalue weighted by molar-refractivity contribution is 5.99. The average molecular weight is 267 g/mol. The van der Waals surface area contributed by atoms with Gasteiger partial charge >= 0.3 is 12.0 Å². The summed E-state index contributed by atoms with van der Waals surface area (Å²) in [6, 6.07) is 1.35. The number of aromatic amines is 1. The van der Waals surface area contributed by atoms with E-state index in [0.717, 1.165) is 12.8 Å². The van der Waals surface area contributed by atoms with Gasteiger partial charge in [0, 0.05) is 18.3 Å². The molecule has 4 N–H and O–H groups in total. The molecule has 19 heavy (non-hydrogen) atoms. The number of nitrogens with one attached hydrogen (secondary N) is 2. The molecule has 1 saturated carbocycles. The third-order valence-corrected chi connectivity index (χ3v) is 3.00. The maximum Gasteiger partial charge on any atom is 0.354 e. The molecule has 0 aliphatic heterocycles. The molecule has 1 aliphatic rings. The van der Waals surface area contributed by atoms with Crippen LogP contribution in [0, 0.1) is 6.92 Å². The number of anilines is 1. The van der Waals surface area contributed by atoms with Gasteiger partial charge < -0.3 is 25.4 Å². The summed E-state index contributed by atoms with van der Waals surface area (Å²) in [4.78, 5) is 27.3. The molecule has 0 unspecified atom stereocenters. The molecule has 2 amide bonds. The first kappa shape index (κ1) is 13.4. The van der Waals surface area contributed by atoms with Crippen molar-refractivity contribution < 1.29 is 19.8 Å². The second kappa shape index (κ2) is 5.31. The number of carboxylic acids is 1. The number of aliphatic hydroxyl groups excluding tert-OH is 1. The maximum absolute atomic E-state index is 12.1. The predicted octanol–water partition coefficient (Wildman–Crippen LogP) is 1.01. The summed E-state index contributed by atoms with van der Waals surface area (Å²) in [7, 11) is 0. The van der Waals surface area contributed by atoms with Crippen LogP contribution in [0.25, 0.3) is 0 Å². The Morgan fingerprint density at radius 1 is 1.53 bits per heavy atom. The lowest BCUT2D eigenvalue weighted by atomic mass is 10.3. The number of carboxylic acid groups (broad SMARTS) is 1. The summed E-state index contributed by atoms with van der Waals surface area (Å²) in [5.74, 6) is -1.12. The van der Waals surface area contributed by atoms with Crippen molar-refractivity contribution in [2.75, 3.05) is 18.5 Å². The molecule has 0 spiro atoms. The van der Waals surface area contributed by atoms with E-state index >= 15 is 0 Å². The number of hydrogen-bond acceptors (Lipinski definition) is 3. The van der Waals surface area contributed by atoms with Crippen LogP contribution in [0.15, 0.2) is 6.07 Å². The van der Waals surface area contributed by atoms with E-state index in [9.17, 15) is 9.59 Å². The van der Waals surface area contributed by atoms with Gasteiger partial charge in [-0.1, -0.05) is 0 Å². The van der Waals surface area contributed by atoms with E-state index in [1.54, 1.807) is 13.0 Å². The van der Waals surface area contributed by atoms with Gasteiger partial charge in [0.05, 0.1) is 12.3 Å². The Morgan fingerprint density at radius 3 is 2.74 bits per heavy atom. The molecule has 0 bridgehead atoms. The summed E-state index contributed by atoms with van der Waals surface area (Å²) in [6.07, 6.45) is 1.84. The predicted molar refractivity (Wildman–Crippen MR) is 68.3 cm³/mol. The molecule has 1 aliphatic carbocycles. The lowest BCUT2D eigenvalue weighted by Crippen LogP contribution is -2.38. The molecule has 0 radical (unpaired) electrons. The second-order valence-electron chi connectivity index (χ2n) is 4.62. The molecule has 1 fully saturated rings. The number of nitrogens with zero attached hydrogens (tertiary/aromatic N) is 1. The van der Waals surface area contributed by atoms with Gasteiger partial charge in [0.2, 0.25) is 0 Å². The van der Waals surface area contributed by atoms with E-state index in [1.807, 2.05) is 0 Å². The lowest BCUT2D eigenvalue weighted by Gasteiger charge is -2.21. The molecule has 7 nitrogen and oxygen atoms in total. The van der Waals surface area contributed by atoms with Gasteiger partial charge in [0.25, 0.3) is 0 Å². The van der Waals surface area contributed by atoms with Crippen LogP contribution in [0.4, 0.5) is 10.5 Å². The lowest BCUT2D eigenvalue weighted by molar-refractivity contribution is 0.0692. The summed E-state index contributed by atoms with van der Waals surface area (Å²) in [5.41, 5.74) is 0.872. The zero-order valence-electron chi connectivity index (χ0n) is 10.6. The highest BCUT2D eigenvalue weighted by Gasteiger charge is 2.32. The van der Waals surface area contributed by atoms with Crippen LogP contribution < -0.4 is 5.32 Å². The number of aliphatic hydroxyl groups is 1. The molecule has 1 aromatic heterocycles. The van der Waals surface area contributed by atoms with Crippen LogP contribution in [-0.2, 0) is 0 Å². The van der Waals surface area contributed by atoms with Crippen molar-refractivity contribution in [3.05, 3.63) is 17.5 Å². The van der Waals surface area contributed by atoms with Crippen LogP contribution in [0.1, 0.15) is 29.0 Å². The summed E-state index contributed by atoms with van der Waals surface area (Å²) < 4.78 is 0. The van der Waals surface area contributed by atoms with Crippen LogP contribution in [0.3, 0.4) is 0 Å². The Labute approximate surface area is 110 Å². The Morgan fingerprint density at radius 2 is 2.21 bits per heavy atom. The van der Waals surface area contributed by atoms with E-state index in [0.29, 0.717) is 5.69 Å². The van der Waals surface area contributed by atoms with Crippen molar-refractivity contribution in [2.45, 2.75) is 25.8 Å².